The van der Waals surface area contributed by atoms with Crippen molar-refractivity contribution >= 4 is 0 Å². The number of rotatable bonds is 5. The summed E-state index contributed by atoms with van der Waals surface area (Å²) in [5.41, 5.74) is 0. The van der Waals surface area contributed by atoms with Crippen LogP contribution in [0.2, 0.25) is 0 Å². The standard InChI is InChI=1S/C17H22FN5O/c1-12-9-15-20-21-16(11-24-17-14(18)3-2-6-19-17)23(15)8-7-22(12)10-13-4-5-13/h2-3,6,12-13H,4-5,7-11H2,1H3. The van der Waals surface area contributed by atoms with Crippen molar-refractivity contribution < 1.29 is 9.13 Å². The molecule has 3 heterocycles. The summed E-state index contributed by atoms with van der Waals surface area (Å²) in [6, 6.07) is 3.35. The lowest BCUT2D eigenvalue weighted by Crippen LogP contribution is -2.36. The minimum Gasteiger partial charge on any atom is -0.467 e. The highest BCUT2D eigenvalue weighted by atomic mass is 19.1. The molecule has 1 fully saturated rings. The second kappa shape index (κ2) is 6.47. The Morgan fingerprint density at radius 3 is 2.96 bits per heavy atom. The van der Waals surface area contributed by atoms with Crippen LogP contribution in [0, 0.1) is 11.7 Å². The first-order valence-electron chi connectivity index (χ1n) is 8.59. The topological polar surface area (TPSA) is 56.1 Å². The molecule has 0 spiro atoms. The molecule has 1 atom stereocenters. The quantitative estimate of drug-likeness (QED) is 0.839. The SMILES string of the molecule is CC1Cc2nnc(COc3ncccc3F)n2CCN1CC1CC1. The first-order valence-corrected chi connectivity index (χ1v) is 8.59. The number of aromatic nitrogens is 4. The third-order valence-corrected chi connectivity index (χ3v) is 4.87. The fourth-order valence-electron chi connectivity index (χ4n) is 3.24. The summed E-state index contributed by atoms with van der Waals surface area (Å²) in [4.78, 5) is 6.46. The molecule has 6 nitrogen and oxygen atoms in total. The summed E-state index contributed by atoms with van der Waals surface area (Å²) < 4.78 is 21.2. The molecule has 1 aliphatic carbocycles. The summed E-state index contributed by atoms with van der Waals surface area (Å²) in [5, 5.41) is 8.56. The zero-order valence-electron chi connectivity index (χ0n) is 13.9. The van der Waals surface area contributed by atoms with Gasteiger partial charge in [0.25, 0.3) is 5.88 Å². The van der Waals surface area contributed by atoms with E-state index in [1.807, 2.05) is 0 Å². The number of hydrogen-bond acceptors (Lipinski definition) is 5. The molecule has 0 amide bonds. The van der Waals surface area contributed by atoms with Crippen molar-refractivity contribution in [3.8, 4) is 5.88 Å². The van der Waals surface area contributed by atoms with Gasteiger partial charge in [0.1, 0.15) is 12.4 Å². The summed E-state index contributed by atoms with van der Waals surface area (Å²) in [5.74, 6) is 2.15. The maximum Gasteiger partial charge on any atom is 0.250 e. The molecule has 1 aliphatic heterocycles. The van der Waals surface area contributed by atoms with Crippen molar-refractivity contribution in [2.24, 2.45) is 5.92 Å². The highest BCUT2D eigenvalue weighted by Gasteiger charge is 2.29. The molecule has 1 saturated carbocycles. The van der Waals surface area contributed by atoms with Gasteiger partial charge in [0.05, 0.1) is 0 Å². The molecular weight excluding hydrogens is 309 g/mol. The van der Waals surface area contributed by atoms with E-state index < -0.39 is 5.82 Å². The summed E-state index contributed by atoms with van der Waals surface area (Å²) in [6.45, 7) is 5.46. The van der Waals surface area contributed by atoms with Gasteiger partial charge in [-0.05, 0) is 37.8 Å². The molecule has 0 N–H and O–H groups in total. The van der Waals surface area contributed by atoms with E-state index in [0.717, 1.165) is 37.1 Å². The third kappa shape index (κ3) is 3.26. The molecule has 128 valence electrons. The number of nitrogens with zero attached hydrogens (tertiary/aromatic N) is 5. The van der Waals surface area contributed by atoms with Gasteiger partial charge in [-0.25, -0.2) is 9.37 Å². The highest BCUT2D eigenvalue weighted by molar-refractivity contribution is 5.13. The molecular formula is C17H22FN5O. The van der Waals surface area contributed by atoms with E-state index in [0.29, 0.717) is 6.04 Å². The van der Waals surface area contributed by atoms with Crippen molar-refractivity contribution in [1.29, 1.82) is 0 Å². The van der Waals surface area contributed by atoms with Crippen molar-refractivity contribution in [2.75, 3.05) is 13.1 Å². The van der Waals surface area contributed by atoms with E-state index in [1.54, 1.807) is 6.07 Å². The van der Waals surface area contributed by atoms with Crippen LogP contribution in [0.4, 0.5) is 4.39 Å². The van der Waals surface area contributed by atoms with Gasteiger partial charge in [-0.15, -0.1) is 10.2 Å². The van der Waals surface area contributed by atoms with E-state index in [2.05, 4.69) is 31.6 Å². The largest absolute Gasteiger partial charge is 0.467 e. The third-order valence-electron chi connectivity index (χ3n) is 4.87. The van der Waals surface area contributed by atoms with E-state index in [-0.39, 0.29) is 12.5 Å². The summed E-state index contributed by atoms with van der Waals surface area (Å²) in [6.07, 6.45) is 5.13. The second-order valence-corrected chi connectivity index (χ2v) is 6.75. The average Bonchev–Trinajstić information content (AvgIpc) is 3.34. The summed E-state index contributed by atoms with van der Waals surface area (Å²) >= 11 is 0. The molecule has 7 heteroatoms. The van der Waals surface area contributed by atoms with Gasteiger partial charge in [0.15, 0.2) is 11.6 Å². The van der Waals surface area contributed by atoms with Crippen molar-refractivity contribution in [2.45, 2.75) is 45.4 Å². The molecule has 0 radical (unpaired) electrons. The molecule has 4 rings (SSSR count). The van der Waals surface area contributed by atoms with Crippen LogP contribution < -0.4 is 4.74 Å². The molecule has 2 aromatic rings. The van der Waals surface area contributed by atoms with E-state index in [4.69, 9.17) is 4.74 Å². The van der Waals surface area contributed by atoms with Crippen LogP contribution in [0.25, 0.3) is 0 Å². The number of halogens is 1. The normalized spacial score (nSPS) is 21.3. The van der Waals surface area contributed by atoms with Crippen LogP contribution in [0.15, 0.2) is 18.3 Å². The molecule has 0 saturated heterocycles. The minimum atomic E-state index is -0.461. The van der Waals surface area contributed by atoms with Crippen LogP contribution in [0.5, 0.6) is 5.88 Å². The summed E-state index contributed by atoms with van der Waals surface area (Å²) in [7, 11) is 0. The molecule has 24 heavy (non-hydrogen) atoms. The predicted octanol–water partition coefficient (Wildman–Crippen LogP) is 2.05. The Bertz CT molecular complexity index is 715. The van der Waals surface area contributed by atoms with Crippen molar-refractivity contribution in [1.82, 2.24) is 24.6 Å². The van der Waals surface area contributed by atoms with Crippen LogP contribution in [0.1, 0.15) is 31.4 Å². The van der Waals surface area contributed by atoms with E-state index in [9.17, 15) is 4.39 Å². The lowest BCUT2D eigenvalue weighted by atomic mass is 10.2. The van der Waals surface area contributed by atoms with E-state index >= 15 is 0 Å². The Kier molecular flexibility index (Phi) is 4.18. The number of ether oxygens (including phenoxy) is 1. The maximum absolute atomic E-state index is 13.6. The fourth-order valence-corrected chi connectivity index (χ4v) is 3.24. The molecule has 0 aromatic carbocycles. The lowest BCUT2D eigenvalue weighted by Gasteiger charge is -2.26. The van der Waals surface area contributed by atoms with Gasteiger partial charge in [0.2, 0.25) is 0 Å². The smallest absolute Gasteiger partial charge is 0.250 e. The fraction of sp³-hybridized carbons (Fsp3) is 0.588. The van der Waals surface area contributed by atoms with Crippen molar-refractivity contribution in [3.05, 3.63) is 35.8 Å². The van der Waals surface area contributed by atoms with Gasteiger partial charge in [-0.3, -0.25) is 4.90 Å². The zero-order chi connectivity index (χ0) is 16.5. The zero-order valence-corrected chi connectivity index (χ0v) is 13.9. The molecule has 1 unspecified atom stereocenters. The van der Waals surface area contributed by atoms with Gasteiger partial charge in [0, 0.05) is 38.3 Å². The highest BCUT2D eigenvalue weighted by Crippen LogP contribution is 2.31. The van der Waals surface area contributed by atoms with Gasteiger partial charge < -0.3 is 9.30 Å². The van der Waals surface area contributed by atoms with Crippen LogP contribution in [-0.4, -0.2) is 43.8 Å². The lowest BCUT2D eigenvalue weighted by molar-refractivity contribution is 0.201. The minimum absolute atomic E-state index is 0.00667. The van der Waals surface area contributed by atoms with Gasteiger partial charge in [-0.2, -0.15) is 0 Å². The second-order valence-electron chi connectivity index (χ2n) is 6.75. The Hall–Kier alpha value is -2.02. The first-order chi connectivity index (χ1) is 11.7. The molecule has 2 aliphatic rings. The molecule has 0 bridgehead atoms. The Labute approximate surface area is 140 Å². The first kappa shape index (κ1) is 15.5. The molecule has 2 aromatic heterocycles. The van der Waals surface area contributed by atoms with Crippen molar-refractivity contribution in [3.63, 3.8) is 0 Å². The Balaban J connectivity index is 1.45. The van der Waals surface area contributed by atoms with Gasteiger partial charge in [-0.1, -0.05) is 0 Å². The predicted molar refractivity (Wildman–Crippen MR) is 86.0 cm³/mol. The number of hydrogen-bond donors (Lipinski definition) is 0. The number of pyridine rings is 1. The van der Waals surface area contributed by atoms with Crippen LogP contribution in [-0.2, 0) is 19.6 Å². The van der Waals surface area contributed by atoms with E-state index in [1.165, 1.54) is 31.6 Å². The number of fused-ring (bicyclic) bond motifs is 1. The maximum atomic E-state index is 13.6. The van der Waals surface area contributed by atoms with Gasteiger partial charge >= 0.3 is 0 Å². The Morgan fingerprint density at radius 1 is 1.29 bits per heavy atom. The monoisotopic (exact) mass is 331 g/mol. The van der Waals surface area contributed by atoms with Crippen LogP contribution in [0.3, 0.4) is 0 Å². The Morgan fingerprint density at radius 2 is 2.17 bits per heavy atom. The van der Waals surface area contributed by atoms with Crippen LogP contribution >= 0.6 is 0 Å². The average molecular weight is 331 g/mol.